The van der Waals surface area contributed by atoms with Gasteiger partial charge in [-0.1, -0.05) is 18.6 Å². The first-order valence-corrected chi connectivity index (χ1v) is 7.32. The van der Waals surface area contributed by atoms with E-state index in [1.165, 1.54) is 24.8 Å². The standard InChI is InChI=1S/C17H21N3/c1-18-17-10-19-16-8-7-12(9-15(16)17)14-6-4-5-13(14)11-20(2)3/h7-10,13-14,19H,4-6,11H2,2-3H3/t13-,14-/m1/s1. The molecule has 0 spiro atoms. The van der Waals surface area contributed by atoms with Gasteiger partial charge in [0.25, 0.3) is 0 Å². The van der Waals surface area contributed by atoms with Crippen LogP contribution in [-0.2, 0) is 0 Å². The molecule has 1 aliphatic rings. The van der Waals surface area contributed by atoms with Crippen molar-refractivity contribution in [1.82, 2.24) is 9.88 Å². The molecule has 3 heteroatoms. The Labute approximate surface area is 120 Å². The fourth-order valence-corrected chi connectivity index (χ4v) is 3.61. The van der Waals surface area contributed by atoms with Crippen molar-refractivity contribution in [3.8, 4) is 0 Å². The summed E-state index contributed by atoms with van der Waals surface area (Å²) in [6.45, 7) is 8.41. The molecule has 3 rings (SSSR count). The van der Waals surface area contributed by atoms with Gasteiger partial charge in [0.15, 0.2) is 0 Å². The van der Waals surface area contributed by atoms with E-state index in [9.17, 15) is 0 Å². The van der Waals surface area contributed by atoms with Gasteiger partial charge < -0.3 is 9.88 Å². The summed E-state index contributed by atoms with van der Waals surface area (Å²) in [5, 5.41) is 1.08. The molecule has 0 saturated heterocycles. The van der Waals surface area contributed by atoms with Crippen molar-refractivity contribution >= 4 is 16.6 Å². The Morgan fingerprint density at radius 3 is 2.95 bits per heavy atom. The Kier molecular flexibility index (Phi) is 3.50. The number of nitrogens with zero attached hydrogens (tertiary/aromatic N) is 2. The topological polar surface area (TPSA) is 23.4 Å². The minimum Gasteiger partial charge on any atom is -0.372 e. The number of H-pyrrole nitrogens is 1. The van der Waals surface area contributed by atoms with Crippen LogP contribution >= 0.6 is 0 Å². The molecule has 1 heterocycles. The summed E-state index contributed by atoms with van der Waals surface area (Å²) in [6, 6.07) is 6.60. The zero-order valence-electron chi connectivity index (χ0n) is 12.2. The van der Waals surface area contributed by atoms with Gasteiger partial charge in [0, 0.05) is 23.6 Å². The Morgan fingerprint density at radius 1 is 1.35 bits per heavy atom. The molecule has 1 N–H and O–H groups in total. The van der Waals surface area contributed by atoms with Gasteiger partial charge in [-0.2, -0.15) is 0 Å². The molecule has 104 valence electrons. The predicted octanol–water partition coefficient (Wildman–Crippen LogP) is 4.16. The van der Waals surface area contributed by atoms with Crippen molar-refractivity contribution in [1.29, 1.82) is 0 Å². The Morgan fingerprint density at radius 2 is 2.20 bits per heavy atom. The number of rotatable bonds is 3. The Hall–Kier alpha value is -1.79. The van der Waals surface area contributed by atoms with Crippen LogP contribution in [0.1, 0.15) is 30.7 Å². The summed E-state index contributed by atoms with van der Waals surface area (Å²) in [5.74, 6) is 1.40. The Balaban J connectivity index is 1.95. The quantitative estimate of drug-likeness (QED) is 0.829. The van der Waals surface area contributed by atoms with E-state index in [1.807, 2.05) is 6.20 Å². The molecular formula is C17H21N3. The van der Waals surface area contributed by atoms with Crippen molar-refractivity contribution in [3.05, 3.63) is 41.4 Å². The number of hydrogen-bond acceptors (Lipinski definition) is 1. The summed E-state index contributed by atoms with van der Waals surface area (Å²) < 4.78 is 0. The van der Waals surface area contributed by atoms with E-state index in [1.54, 1.807) is 0 Å². The first-order chi connectivity index (χ1) is 9.69. The highest BCUT2D eigenvalue weighted by Crippen LogP contribution is 2.41. The SMILES string of the molecule is [C-]#[N+]c1c[nH]c2ccc([C@H]3CCC[C@@H]3CN(C)C)cc12. The lowest BCUT2D eigenvalue weighted by molar-refractivity contribution is 0.310. The van der Waals surface area contributed by atoms with Crippen LogP contribution in [-0.4, -0.2) is 30.5 Å². The third-order valence-corrected chi connectivity index (χ3v) is 4.49. The van der Waals surface area contributed by atoms with Crippen LogP contribution in [0.25, 0.3) is 15.7 Å². The molecule has 0 unspecified atom stereocenters. The maximum atomic E-state index is 7.25. The third kappa shape index (κ3) is 2.32. The number of nitrogens with one attached hydrogen (secondary N) is 1. The highest BCUT2D eigenvalue weighted by atomic mass is 15.1. The van der Waals surface area contributed by atoms with Gasteiger partial charge in [0.05, 0.1) is 6.57 Å². The fourth-order valence-electron chi connectivity index (χ4n) is 3.61. The highest BCUT2D eigenvalue weighted by molar-refractivity contribution is 5.93. The molecule has 1 aromatic carbocycles. The van der Waals surface area contributed by atoms with Gasteiger partial charge in [-0.15, -0.1) is 0 Å². The van der Waals surface area contributed by atoms with Crippen molar-refractivity contribution < 1.29 is 0 Å². The molecule has 0 amide bonds. The number of fused-ring (bicyclic) bond motifs is 1. The summed E-state index contributed by atoms with van der Waals surface area (Å²) >= 11 is 0. The largest absolute Gasteiger partial charge is 0.372 e. The first-order valence-electron chi connectivity index (χ1n) is 7.32. The van der Waals surface area contributed by atoms with Gasteiger partial charge in [-0.25, -0.2) is 4.85 Å². The summed E-state index contributed by atoms with van der Waals surface area (Å²) in [7, 11) is 4.31. The predicted molar refractivity (Wildman–Crippen MR) is 83.2 cm³/mol. The zero-order chi connectivity index (χ0) is 14.1. The van der Waals surface area contributed by atoms with Crippen molar-refractivity contribution in [2.75, 3.05) is 20.6 Å². The normalized spacial score (nSPS) is 22.5. The molecule has 1 aromatic heterocycles. The number of benzene rings is 1. The highest BCUT2D eigenvalue weighted by Gasteiger charge is 2.29. The Bertz CT molecular complexity index is 648. The number of aromatic amines is 1. The van der Waals surface area contributed by atoms with E-state index >= 15 is 0 Å². The second-order valence-electron chi connectivity index (χ2n) is 6.15. The summed E-state index contributed by atoms with van der Waals surface area (Å²) in [5.41, 5.74) is 3.22. The number of hydrogen-bond donors (Lipinski definition) is 1. The van der Waals surface area contributed by atoms with E-state index in [-0.39, 0.29) is 0 Å². The lowest BCUT2D eigenvalue weighted by Crippen LogP contribution is -2.23. The first kappa shape index (κ1) is 13.2. The van der Waals surface area contributed by atoms with Crippen molar-refractivity contribution in [2.24, 2.45) is 5.92 Å². The average Bonchev–Trinajstić information content (AvgIpc) is 3.03. The van der Waals surface area contributed by atoms with Gasteiger partial charge in [0.2, 0.25) is 5.69 Å². The monoisotopic (exact) mass is 267 g/mol. The van der Waals surface area contributed by atoms with E-state index in [2.05, 4.69) is 47.0 Å². The maximum absolute atomic E-state index is 7.25. The van der Waals surface area contributed by atoms with Crippen LogP contribution in [0.15, 0.2) is 24.4 Å². The molecule has 1 aliphatic carbocycles. The van der Waals surface area contributed by atoms with Gasteiger partial charge >= 0.3 is 0 Å². The van der Waals surface area contributed by atoms with Crippen LogP contribution in [0.3, 0.4) is 0 Å². The van der Waals surface area contributed by atoms with E-state index in [0.717, 1.165) is 29.1 Å². The lowest BCUT2D eigenvalue weighted by atomic mass is 9.88. The molecule has 3 nitrogen and oxygen atoms in total. The average molecular weight is 267 g/mol. The molecule has 0 radical (unpaired) electrons. The smallest absolute Gasteiger partial charge is 0.211 e. The van der Waals surface area contributed by atoms with Crippen LogP contribution < -0.4 is 0 Å². The van der Waals surface area contributed by atoms with Crippen LogP contribution in [0, 0.1) is 12.5 Å². The molecule has 0 aliphatic heterocycles. The van der Waals surface area contributed by atoms with Crippen molar-refractivity contribution in [3.63, 3.8) is 0 Å². The van der Waals surface area contributed by atoms with Crippen LogP contribution in [0.4, 0.5) is 5.69 Å². The third-order valence-electron chi connectivity index (χ3n) is 4.49. The van der Waals surface area contributed by atoms with Crippen molar-refractivity contribution in [2.45, 2.75) is 25.2 Å². The second kappa shape index (κ2) is 5.30. The van der Waals surface area contributed by atoms with E-state index in [0.29, 0.717) is 5.92 Å². The van der Waals surface area contributed by atoms with Gasteiger partial charge in [0.1, 0.15) is 0 Å². The van der Waals surface area contributed by atoms with Crippen LogP contribution in [0.2, 0.25) is 0 Å². The van der Waals surface area contributed by atoms with Gasteiger partial charge in [-0.05, 0) is 50.4 Å². The molecule has 2 atom stereocenters. The molecule has 20 heavy (non-hydrogen) atoms. The zero-order valence-corrected chi connectivity index (χ0v) is 12.2. The molecule has 2 aromatic rings. The summed E-state index contributed by atoms with van der Waals surface area (Å²) in [6.07, 6.45) is 5.74. The maximum Gasteiger partial charge on any atom is 0.211 e. The fraction of sp³-hybridized carbons (Fsp3) is 0.471. The van der Waals surface area contributed by atoms with Gasteiger partial charge in [-0.3, -0.25) is 0 Å². The molecular weight excluding hydrogens is 246 g/mol. The second-order valence-corrected chi connectivity index (χ2v) is 6.15. The molecule has 1 fully saturated rings. The van der Waals surface area contributed by atoms with Crippen LogP contribution in [0.5, 0.6) is 0 Å². The van der Waals surface area contributed by atoms with E-state index < -0.39 is 0 Å². The molecule has 1 saturated carbocycles. The summed E-state index contributed by atoms with van der Waals surface area (Å²) in [4.78, 5) is 9.08. The number of aromatic nitrogens is 1. The minimum atomic E-state index is 0.648. The minimum absolute atomic E-state index is 0.648. The van der Waals surface area contributed by atoms with E-state index in [4.69, 9.17) is 6.57 Å². The lowest BCUT2D eigenvalue weighted by Gasteiger charge is -2.23. The molecule has 0 bridgehead atoms.